The van der Waals surface area contributed by atoms with E-state index in [4.69, 9.17) is 0 Å². The quantitative estimate of drug-likeness (QED) is 0.710. The standard InChI is InChI=1S/C13H18F2N2O2/c1-10-4-2-3-5-11(10)17-13(18)8-16-6-7-19-9-12(14)15/h2-5,12,16H,6-9H2,1H3,(H,17,18). The van der Waals surface area contributed by atoms with Gasteiger partial charge in [0, 0.05) is 12.2 Å². The van der Waals surface area contributed by atoms with Gasteiger partial charge in [-0.25, -0.2) is 8.78 Å². The predicted octanol–water partition coefficient (Wildman–Crippen LogP) is 1.80. The molecule has 0 bridgehead atoms. The van der Waals surface area contributed by atoms with Crippen LogP contribution in [0.3, 0.4) is 0 Å². The molecule has 1 rings (SSSR count). The molecular formula is C13H18F2N2O2. The van der Waals surface area contributed by atoms with E-state index in [1.165, 1.54) is 0 Å². The van der Waals surface area contributed by atoms with Gasteiger partial charge in [0.2, 0.25) is 5.91 Å². The molecule has 0 saturated heterocycles. The summed E-state index contributed by atoms with van der Waals surface area (Å²) in [5.74, 6) is -0.178. The van der Waals surface area contributed by atoms with Crippen molar-refractivity contribution in [2.24, 2.45) is 0 Å². The Balaban J connectivity index is 2.13. The zero-order chi connectivity index (χ0) is 14.1. The van der Waals surface area contributed by atoms with Gasteiger partial charge < -0.3 is 15.4 Å². The lowest BCUT2D eigenvalue weighted by Crippen LogP contribution is -2.30. The first kappa shape index (κ1) is 15.5. The van der Waals surface area contributed by atoms with Crippen LogP contribution in [0.25, 0.3) is 0 Å². The van der Waals surface area contributed by atoms with Crippen molar-refractivity contribution in [1.82, 2.24) is 5.32 Å². The Bertz CT molecular complexity index is 400. The van der Waals surface area contributed by atoms with Crippen molar-refractivity contribution in [1.29, 1.82) is 0 Å². The third-order valence-electron chi connectivity index (χ3n) is 2.37. The fourth-order valence-electron chi connectivity index (χ4n) is 1.43. The Labute approximate surface area is 111 Å². The fourth-order valence-corrected chi connectivity index (χ4v) is 1.43. The molecule has 0 heterocycles. The Hall–Kier alpha value is -1.53. The number of anilines is 1. The van der Waals surface area contributed by atoms with Crippen molar-refractivity contribution in [3.05, 3.63) is 29.8 Å². The number of carbonyl (C=O) groups is 1. The molecule has 1 amide bonds. The monoisotopic (exact) mass is 272 g/mol. The summed E-state index contributed by atoms with van der Waals surface area (Å²) < 4.78 is 28.2. The number of ether oxygens (including phenoxy) is 1. The number of halogens is 2. The smallest absolute Gasteiger partial charge is 0.261 e. The van der Waals surface area contributed by atoms with Gasteiger partial charge in [-0.05, 0) is 18.6 Å². The first-order valence-electron chi connectivity index (χ1n) is 6.01. The molecule has 0 aliphatic rings. The minimum atomic E-state index is -2.45. The second-order valence-electron chi connectivity index (χ2n) is 4.01. The van der Waals surface area contributed by atoms with Crippen molar-refractivity contribution >= 4 is 11.6 Å². The van der Waals surface area contributed by atoms with Crippen LogP contribution in [0, 0.1) is 6.92 Å². The number of benzene rings is 1. The number of rotatable bonds is 8. The number of hydrogen-bond donors (Lipinski definition) is 2. The van der Waals surface area contributed by atoms with Gasteiger partial charge in [-0.3, -0.25) is 4.79 Å². The molecule has 0 unspecified atom stereocenters. The van der Waals surface area contributed by atoms with Gasteiger partial charge in [-0.2, -0.15) is 0 Å². The molecule has 4 nitrogen and oxygen atoms in total. The summed E-state index contributed by atoms with van der Waals surface area (Å²) in [4.78, 5) is 11.6. The highest BCUT2D eigenvalue weighted by molar-refractivity contribution is 5.92. The molecule has 6 heteroatoms. The van der Waals surface area contributed by atoms with Gasteiger partial charge in [-0.15, -0.1) is 0 Å². The van der Waals surface area contributed by atoms with Gasteiger partial charge >= 0.3 is 0 Å². The first-order valence-corrected chi connectivity index (χ1v) is 6.01. The summed E-state index contributed by atoms with van der Waals surface area (Å²) in [5.41, 5.74) is 1.75. The minimum absolute atomic E-state index is 0.117. The lowest BCUT2D eigenvalue weighted by atomic mass is 10.2. The van der Waals surface area contributed by atoms with E-state index in [9.17, 15) is 13.6 Å². The first-order chi connectivity index (χ1) is 9.09. The van der Waals surface area contributed by atoms with Crippen LogP contribution in [-0.4, -0.2) is 38.6 Å². The summed E-state index contributed by atoms with van der Waals surface area (Å²) in [6, 6.07) is 7.46. The van der Waals surface area contributed by atoms with Crippen molar-refractivity contribution in [3.63, 3.8) is 0 Å². The van der Waals surface area contributed by atoms with E-state index < -0.39 is 13.0 Å². The topological polar surface area (TPSA) is 50.4 Å². The van der Waals surface area contributed by atoms with E-state index >= 15 is 0 Å². The third kappa shape index (κ3) is 6.83. The summed E-state index contributed by atoms with van der Waals surface area (Å²) in [6.07, 6.45) is -2.45. The SMILES string of the molecule is Cc1ccccc1NC(=O)CNCCOCC(F)F. The molecule has 0 aliphatic heterocycles. The van der Waals surface area contributed by atoms with Gasteiger partial charge in [-0.1, -0.05) is 18.2 Å². The summed E-state index contributed by atoms with van der Waals surface area (Å²) >= 11 is 0. The molecule has 1 aromatic rings. The van der Waals surface area contributed by atoms with E-state index in [-0.39, 0.29) is 19.1 Å². The Morgan fingerprint density at radius 1 is 1.37 bits per heavy atom. The number of hydrogen-bond acceptors (Lipinski definition) is 3. The van der Waals surface area contributed by atoms with Crippen LogP contribution in [0.2, 0.25) is 0 Å². The van der Waals surface area contributed by atoms with E-state index in [1.54, 1.807) is 0 Å². The van der Waals surface area contributed by atoms with Crippen LogP contribution in [0.5, 0.6) is 0 Å². The van der Waals surface area contributed by atoms with Crippen LogP contribution >= 0.6 is 0 Å². The van der Waals surface area contributed by atoms with Crippen LogP contribution in [0.1, 0.15) is 5.56 Å². The predicted molar refractivity (Wildman–Crippen MR) is 69.5 cm³/mol. The Kier molecular flexibility index (Phi) is 6.99. The summed E-state index contributed by atoms with van der Waals surface area (Å²) in [5, 5.41) is 5.57. The minimum Gasteiger partial charge on any atom is -0.374 e. The fraction of sp³-hybridized carbons (Fsp3) is 0.462. The van der Waals surface area contributed by atoms with Crippen molar-refractivity contribution in [3.8, 4) is 0 Å². The highest BCUT2D eigenvalue weighted by Crippen LogP contribution is 2.12. The average Bonchev–Trinajstić information content (AvgIpc) is 2.36. The number of nitrogens with one attached hydrogen (secondary N) is 2. The average molecular weight is 272 g/mol. The number of alkyl halides is 2. The molecule has 0 aliphatic carbocycles. The molecule has 2 N–H and O–H groups in total. The molecule has 0 radical (unpaired) electrons. The van der Waals surface area contributed by atoms with E-state index in [0.717, 1.165) is 11.3 Å². The molecule has 0 atom stereocenters. The number of para-hydroxylation sites is 1. The van der Waals surface area contributed by atoms with E-state index in [2.05, 4.69) is 15.4 Å². The molecule has 106 valence electrons. The van der Waals surface area contributed by atoms with Gasteiger partial charge in [0.05, 0.1) is 13.2 Å². The summed E-state index contributed by atoms with van der Waals surface area (Å²) in [7, 11) is 0. The lowest BCUT2D eigenvalue weighted by Gasteiger charge is -2.09. The van der Waals surface area contributed by atoms with Crippen molar-refractivity contribution < 1.29 is 18.3 Å². The molecule has 0 aromatic heterocycles. The van der Waals surface area contributed by atoms with E-state index in [0.29, 0.717) is 6.54 Å². The lowest BCUT2D eigenvalue weighted by molar-refractivity contribution is -0.115. The summed E-state index contributed by atoms with van der Waals surface area (Å²) in [6.45, 7) is 1.96. The number of aryl methyl sites for hydroxylation is 1. The Morgan fingerprint density at radius 3 is 2.79 bits per heavy atom. The van der Waals surface area contributed by atoms with Gasteiger partial charge in [0.25, 0.3) is 6.43 Å². The largest absolute Gasteiger partial charge is 0.374 e. The third-order valence-corrected chi connectivity index (χ3v) is 2.37. The van der Waals surface area contributed by atoms with Crippen LogP contribution in [0.4, 0.5) is 14.5 Å². The molecule has 19 heavy (non-hydrogen) atoms. The molecule has 0 fully saturated rings. The van der Waals surface area contributed by atoms with Crippen LogP contribution < -0.4 is 10.6 Å². The highest BCUT2D eigenvalue weighted by Gasteiger charge is 2.04. The van der Waals surface area contributed by atoms with Gasteiger partial charge in [0.1, 0.15) is 6.61 Å². The van der Waals surface area contributed by atoms with Crippen LogP contribution in [-0.2, 0) is 9.53 Å². The zero-order valence-electron chi connectivity index (χ0n) is 10.8. The highest BCUT2D eigenvalue weighted by atomic mass is 19.3. The normalized spacial score (nSPS) is 10.7. The second kappa shape index (κ2) is 8.55. The zero-order valence-corrected chi connectivity index (χ0v) is 10.8. The maximum atomic E-state index is 11.7. The van der Waals surface area contributed by atoms with E-state index in [1.807, 2.05) is 31.2 Å². The van der Waals surface area contributed by atoms with Crippen molar-refractivity contribution in [2.75, 3.05) is 31.6 Å². The molecule has 0 spiro atoms. The second-order valence-corrected chi connectivity index (χ2v) is 4.01. The Morgan fingerprint density at radius 2 is 2.11 bits per heavy atom. The maximum absolute atomic E-state index is 11.7. The number of amides is 1. The van der Waals surface area contributed by atoms with Gasteiger partial charge in [0.15, 0.2) is 0 Å². The molecule has 1 aromatic carbocycles. The number of carbonyl (C=O) groups excluding carboxylic acids is 1. The molecular weight excluding hydrogens is 254 g/mol. The molecule has 0 saturated carbocycles. The van der Waals surface area contributed by atoms with Crippen LogP contribution in [0.15, 0.2) is 24.3 Å². The van der Waals surface area contributed by atoms with Crippen molar-refractivity contribution in [2.45, 2.75) is 13.3 Å². The maximum Gasteiger partial charge on any atom is 0.261 e.